The monoisotopic (exact) mass is 641 g/mol. The van der Waals surface area contributed by atoms with Gasteiger partial charge in [-0.3, -0.25) is 14.4 Å². The number of carbonyl (C=O) groups excluding carboxylic acids is 2. The van der Waals surface area contributed by atoms with Gasteiger partial charge >= 0.3 is 5.97 Å². The van der Waals surface area contributed by atoms with Gasteiger partial charge in [-0.1, -0.05) is 30.3 Å². The van der Waals surface area contributed by atoms with E-state index in [0.29, 0.717) is 50.9 Å². The maximum atomic E-state index is 13.4. The number of ether oxygens (including phenoxy) is 4. The van der Waals surface area contributed by atoms with Crippen LogP contribution >= 0.6 is 11.3 Å². The van der Waals surface area contributed by atoms with Gasteiger partial charge in [0.2, 0.25) is 5.91 Å². The molecule has 0 radical (unpaired) electrons. The first-order valence-corrected chi connectivity index (χ1v) is 15.6. The number of hydrogen-bond donors (Lipinski definition) is 3. The Morgan fingerprint density at radius 1 is 0.978 bits per heavy atom. The molecule has 2 aromatic carbocycles. The van der Waals surface area contributed by atoms with E-state index in [1.165, 1.54) is 4.90 Å². The number of carbonyl (C=O) groups is 3. The van der Waals surface area contributed by atoms with Crippen LogP contribution in [0.4, 0.5) is 0 Å². The molecule has 3 N–H and O–H groups in total. The van der Waals surface area contributed by atoms with Crippen LogP contribution in [-0.4, -0.2) is 103 Å². The van der Waals surface area contributed by atoms with E-state index in [-0.39, 0.29) is 44.4 Å². The van der Waals surface area contributed by atoms with Crippen LogP contribution in [0.25, 0.3) is 10.4 Å². The Kier molecular flexibility index (Phi) is 13.3. The first kappa shape index (κ1) is 34.0. The number of likely N-dealkylation sites (tertiary alicyclic amines) is 1. The number of hydrogen-bond acceptors (Lipinski definition) is 10. The van der Waals surface area contributed by atoms with Crippen molar-refractivity contribution >= 4 is 29.1 Å². The number of rotatable bonds is 18. The molecule has 2 heterocycles. The van der Waals surface area contributed by atoms with Crippen LogP contribution in [0, 0.1) is 6.92 Å². The molecule has 0 spiro atoms. The Hall–Kier alpha value is -3.88. The van der Waals surface area contributed by atoms with E-state index >= 15 is 0 Å². The molecule has 3 aromatic rings. The molecule has 1 aliphatic rings. The summed E-state index contributed by atoms with van der Waals surface area (Å²) in [6.45, 7) is 4.44. The van der Waals surface area contributed by atoms with Crippen molar-refractivity contribution in [3.05, 3.63) is 70.9 Å². The quantitative estimate of drug-likeness (QED) is 0.177. The second-order valence-electron chi connectivity index (χ2n) is 10.4. The molecule has 2 atom stereocenters. The highest BCUT2D eigenvalue weighted by Gasteiger charge is 2.39. The number of carboxylic acids is 1. The van der Waals surface area contributed by atoms with Crippen molar-refractivity contribution in [2.24, 2.45) is 0 Å². The molecule has 0 bridgehead atoms. The minimum Gasteiger partial charge on any atom is -0.491 e. The normalized spacial score (nSPS) is 16.1. The van der Waals surface area contributed by atoms with Gasteiger partial charge in [0.05, 0.1) is 68.2 Å². The molecular formula is C32H39N3O9S. The third-order valence-electron chi connectivity index (χ3n) is 7.05. The number of β-amino-alcohol motifs (C(OH)–C–C–N with tert-alkyl or cyclic N) is 1. The first-order valence-electron chi connectivity index (χ1n) is 14.8. The molecule has 1 aliphatic heterocycles. The van der Waals surface area contributed by atoms with Gasteiger partial charge in [0.25, 0.3) is 5.91 Å². The van der Waals surface area contributed by atoms with Gasteiger partial charge in [-0.05, 0) is 36.2 Å². The van der Waals surface area contributed by atoms with Crippen molar-refractivity contribution in [2.75, 3.05) is 52.8 Å². The fourth-order valence-corrected chi connectivity index (χ4v) is 5.56. The van der Waals surface area contributed by atoms with E-state index in [9.17, 15) is 19.5 Å². The van der Waals surface area contributed by atoms with Crippen molar-refractivity contribution in [3.63, 3.8) is 0 Å². The highest BCUT2D eigenvalue weighted by Crippen LogP contribution is 2.27. The van der Waals surface area contributed by atoms with Crippen molar-refractivity contribution in [1.82, 2.24) is 15.2 Å². The molecule has 0 saturated carbocycles. The second-order valence-corrected chi connectivity index (χ2v) is 11.3. The van der Waals surface area contributed by atoms with Gasteiger partial charge in [-0.25, -0.2) is 4.98 Å². The molecule has 242 valence electrons. The van der Waals surface area contributed by atoms with Crippen LogP contribution in [0.15, 0.2) is 54.0 Å². The van der Waals surface area contributed by atoms with E-state index in [2.05, 4.69) is 10.3 Å². The number of benzene rings is 2. The number of amides is 2. The molecule has 1 aromatic heterocycles. The fraction of sp³-hybridized carbons (Fsp3) is 0.438. The average Bonchev–Trinajstić information content (AvgIpc) is 3.65. The topological polar surface area (TPSA) is 157 Å². The van der Waals surface area contributed by atoms with Crippen LogP contribution in [0.2, 0.25) is 0 Å². The molecule has 2 amide bonds. The zero-order valence-corrected chi connectivity index (χ0v) is 26.0. The lowest BCUT2D eigenvalue weighted by Crippen LogP contribution is -2.45. The lowest BCUT2D eigenvalue weighted by Gasteiger charge is -2.24. The van der Waals surface area contributed by atoms with E-state index in [0.717, 1.165) is 21.7 Å². The maximum absolute atomic E-state index is 13.4. The number of aliphatic hydroxyl groups is 1. The zero-order valence-electron chi connectivity index (χ0n) is 25.2. The molecule has 1 fully saturated rings. The van der Waals surface area contributed by atoms with Gasteiger partial charge < -0.3 is 39.4 Å². The number of nitrogens with zero attached hydrogens (tertiary/aromatic N) is 2. The second kappa shape index (κ2) is 17.6. The number of aromatic nitrogens is 1. The average molecular weight is 642 g/mol. The maximum Gasteiger partial charge on any atom is 0.305 e. The predicted molar refractivity (Wildman–Crippen MR) is 166 cm³/mol. The van der Waals surface area contributed by atoms with E-state index in [1.807, 2.05) is 36.7 Å². The summed E-state index contributed by atoms with van der Waals surface area (Å²) in [5.41, 5.74) is 5.14. The SMILES string of the molecule is Cc1ncsc1-c1ccc(CNC(=O)[C@@H]2C[C@@H](O)CN2C(=O)c2cccc(OCCOCCOCCOCCC(=O)O)c2)cc1. The number of aliphatic carboxylic acids is 1. The number of aliphatic hydroxyl groups excluding tert-OH is 1. The third-order valence-corrected chi connectivity index (χ3v) is 8.03. The van der Waals surface area contributed by atoms with Crippen molar-refractivity contribution < 1.29 is 43.5 Å². The zero-order chi connectivity index (χ0) is 32.0. The smallest absolute Gasteiger partial charge is 0.305 e. The summed E-state index contributed by atoms with van der Waals surface area (Å²) >= 11 is 1.58. The van der Waals surface area contributed by atoms with Crippen molar-refractivity contribution in [1.29, 1.82) is 0 Å². The summed E-state index contributed by atoms with van der Waals surface area (Å²) < 4.78 is 21.7. The van der Waals surface area contributed by atoms with Gasteiger partial charge in [0.1, 0.15) is 18.4 Å². The van der Waals surface area contributed by atoms with Gasteiger partial charge in [-0.15, -0.1) is 11.3 Å². The van der Waals surface area contributed by atoms with Crippen molar-refractivity contribution in [2.45, 2.75) is 38.5 Å². The van der Waals surface area contributed by atoms with Gasteiger partial charge in [0, 0.05) is 25.1 Å². The highest BCUT2D eigenvalue weighted by molar-refractivity contribution is 7.13. The number of carboxylic acid groups (broad SMARTS) is 1. The lowest BCUT2D eigenvalue weighted by atomic mass is 10.1. The van der Waals surface area contributed by atoms with Crippen LogP contribution in [0.5, 0.6) is 5.75 Å². The third kappa shape index (κ3) is 10.6. The molecule has 12 nitrogen and oxygen atoms in total. The van der Waals surface area contributed by atoms with Crippen LogP contribution < -0.4 is 10.1 Å². The number of nitrogens with one attached hydrogen (secondary N) is 1. The molecule has 4 rings (SSSR count). The predicted octanol–water partition coefficient (Wildman–Crippen LogP) is 2.91. The van der Waals surface area contributed by atoms with Crippen LogP contribution in [-0.2, 0) is 30.3 Å². The Morgan fingerprint density at radius 3 is 2.33 bits per heavy atom. The summed E-state index contributed by atoms with van der Waals surface area (Å²) in [5, 5.41) is 21.8. The largest absolute Gasteiger partial charge is 0.491 e. The van der Waals surface area contributed by atoms with Crippen LogP contribution in [0.1, 0.15) is 34.5 Å². The Labute approximate surface area is 265 Å². The number of thiazole rings is 1. The molecule has 45 heavy (non-hydrogen) atoms. The Bertz CT molecular complexity index is 1400. The minimum absolute atomic E-state index is 0.0369. The van der Waals surface area contributed by atoms with E-state index in [1.54, 1.807) is 35.6 Å². The molecule has 0 aliphatic carbocycles. The van der Waals surface area contributed by atoms with Crippen molar-refractivity contribution in [3.8, 4) is 16.2 Å². The summed E-state index contributed by atoms with van der Waals surface area (Å²) in [6.07, 6.45) is -0.669. The van der Waals surface area contributed by atoms with Gasteiger partial charge in [-0.2, -0.15) is 0 Å². The van der Waals surface area contributed by atoms with Crippen LogP contribution in [0.3, 0.4) is 0 Å². The standard InChI is InChI=1S/C32H39N3O9S/c1-22-30(45-21-34-22)24-7-5-23(6-8-24)19-33-31(39)28-18-26(36)20-35(28)32(40)25-3-2-4-27(17-25)44-16-15-43-14-13-42-12-11-41-10-9-29(37)38/h2-8,17,21,26,28,36H,9-16,18-20H2,1H3,(H,33,39)(H,37,38)/t26-,28+/m1/s1. The van der Waals surface area contributed by atoms with Gasteiger partial charge in [0.15, 0.2) is 0 Å². The van der Waals surface area contributed by atoms with E-state index < -0.39 is 18.1 Å². The first-order chi connectivity index (χ1) is 21.8. The number of aryl methyl sites for hydroxylation is 1. The lowest BCUT2D eigenvalue weighted by molar-refractivity contribution is -0.138. The summed E-state index contributed by atoms with van der Waals surface area (Å²) in [6, 6.07) is 13.8. The highest BCUT2D eigenvalue weighted by atomic mass is 32.1. The summed E-state index contributed by atoms with van der Waals surface area (Å²) in [5.74, 6) is -1.10. The molecule has 1 saturated heterocycles. The molecular weight excluding hydrogens is 602 g/mol. The fourth-order valence-electron chi connectivity index (χ4n) is 4.75. The molecule has 13 heteroatoms. The summed E-state index contributed by atoms with van der Waals surface area (Å²) in [4.78, 5) is 43.8. The Balaban J connectivity index is 1.18. The summed E-state index contributed by atoms with van der Waals surface area (Å²) in [7, 11) is 0. The minimum atomic E-state index is -0.901. The molecule has 0 unspecified atom stereocenters. The van der Waals surface area contributed by atoms with E-state index in [4.69, 9.17) is 24.1 Å². The Morgan fingerprint density at radius 2 is 1.67 bits per heavy atom.